The molecule has 0 N–H and O–H groups in total. The molecule has 1 nitrogen and oxygen atoms in total. The number of thiophene rings is 1. The number of carbonyl (C=O) groups is 1. The topological polar surface area (TPSA) is 17.1 Å². The van der Waals surface area contributed by atoms with Crippen LogP contribution in [0.15, 0.2) is 37.0 Å². The zero-order valence-corrected chi connectivity index (χ0v) is 14.3. The van der Waals surface area contributed by atoms with Gasteiger partial charge in [0, 0.05) is 14.5 Å². The van der Waals surface area contributed by atoms with Crippen LogP contribution in [-0.2, 0) is 0 Å². The van der Waals surface area contributed by atoms with Crippen LogP contribution in [0.5, 0.6) is 0 Å². The molecule has 0 spiro atoms. The smallest absolute Gasteiger partial charge is 0.204 e. The molecule has 0 aliphatic carbocycles. The van der Waals surface area contributed by atoms with Crippen LogP contribution >= 0.6 is 59.1 Å². The van der Waals surface area contributed by atoms with Gasteiger partial charge in [-0.2, -0.15) is 0 Å². The van der Waals surface area contributed by atoms with E-state index in [1.54, 1.807) is 0 Å². The molecule has 1 aromatic heterocycles. The average molecular weight is 439 g/mol. The van der Waals surface area contributed by atoms with E-state index >= 15 is 0 Å². The van der Waals surface area contributed by atoms with Crippen molar-refractivity contribution >= 4 is 64.9 Å². The van der Waals surface area contributed by atoms with E-state index in [0.29, 0.717) is 5.56 Å². The molecule has 0 aliphatic rings. The zero-order valence-electron chi connectivity index (χ0n) is 8.76. The lowest BCUT2D eigenvalue weighted by Gasteiger charge is -2.03. The first-order valence-corrected chi connectivity index (χ1v) is 7.94. The maximum absolute atomic E-state index is 12.3. The van der Waals surface area contributed by atoms with Crippen LogP contribution in [0.3, 0.4) is 0 Å². The zero-order chi connectivity index (χ0) is 12.6. The van der Waals surface area contributed by atoms with Crippen LogP contribution in [0, 0.1) is 6.92 Å². The maximum Gasteiger partial charge on any atom is 0.204 e. The molecular weight excluding hydrogens is 432 g/mol. The summed E-state index contributed by atoms with van der Waals surface area (Å²) in [6, 6.07) is 7.61. The van der Waals surface area contributed by atoms with Gasteiger partial charge in [0.25, 0.3) is 0 Å². The Morgan fingerprint density at radius 1 is 1.12 bits per heavy atom. The molecule has 2 aromatic rings. The Balaban J connectivity index is 2.47. The number of aryl methyl sites for hydroxylation is 1. The summed E-state index contributed by atoms with van der Waals surface area (Å²) in [5, 5.41) is 0. The number of hydrogen-bond acceptors (Lipinski definition) is 2. The summed E-state index contributed by atoms with van der Waals surface area (Å²) < 4.78 is 2.67. The van der Waals surface area contributed by atoms with Gasteiger partial charge in [-0.3, -0.25) is 4.79 Å². The minimum atomic E-state index is 0.0389. The molecule has 0 atom stereocenters. The molecule has 0 saturated heterocycles. The fourth-order valence-electron chi connectivity index (χ4n) is 1.40. The van der Waals surface area contributed by atoms with Gasteiger partial charge in [0.1, 0.15) is 0 Å². The van der Waals surface area contributed by atoms with Gasteiger partial charge in [0.2, 0.25) is 5.78 Å². The number of benzene rings is 1. The Morgan fingerprint density at radius 2 is 1.82 bits per heavy atom. The third kappa shape index (κ3) is 2.89. The van der Waals surface area contributed by atoms with Gasteiger partial charge < -0.3 is 0 Å². The van der Waals surface area contributed by atoms with Gasteiger partial charge in [0.15, 0.2) is 0 Å². The molecule has 5 heteroatoms. The highest BCUT2D eigenvalue weighted by Gasteiger charge is 2.16. The van der Waals surface area contributed by atoms with E-state index in [1.807, 2.05) is 31.2 Å². The summed E-state index contributed by atoms with van der Waals surface area (Å²) in [6.45, 7) is 1.98. The van der Waals surface area contributed by atoms with E-state index in [2.05, 4.69) is 47.8 Å². The van der Waals surface area contributed by atoms with Crippen molar-refractivity contribution in [1.82, 2.24) is 0 Å². The fraction of sp³-hybridized carbons (Fsp3) is 0.0833. The summed E-state index contributed by atoms with van der Waals surface area (Å²) in [6.07, 6.45) is 0. The van der Waals surface area contributed by atoms with Crippen molar-refractivity contribution in [2.24, 2.45) is 0 Å². The highest BCUT2D eigenvalue weighted by molar-refractivity contribution is 9.13. The lowest BCUT2D eigenvalue weighted by molar-refractivity contribution is 0.104. The normalized spacial score (nSPS) is 10.6. The van der Waals surface area contributed by atoms with Crippen molar-refractivity contribution in [3.63, 3.8) is 0 Å². The van der Waals surface area contributed by atoms with Gasteiger partial charge in [-0.15, -0.1) is 11.3 Å². The second kappa shape index (κ2) is 5.34. The predicted octanol–water partition coefficient (Wildman–Crippen LogP) is 5.58. The van der Waals surface area contributed by atoms with Crippen molar-refractivity contribution < 1.29 is 4.79 Å². The van der Waals surface area contributed by atoms with Gasteiger partial charge in [0.05, 0.1) is 8.66 Å². The molecule has 17 heavy (non-hydrogen) atoms. The number of carbonyl (C=O) groups excluding carboxylic acids is 1. The Morgan fingerprint density at radius 3 is 2.41 bits per heavy atom. The molecule has 0 bridgehead atoms. The molecule has 1 heterocycles. The highest BCUT2D eigenvalue weighted by atomic mass is 79.9. The number of halogens is 3. The molecular formula is C12H7Br3OS. The fourth-order valence-corrected chi connectivity index (χ4v) is 3.82. The largest absolute Gasteiger partial charge is 0.288 e. The van der Waals surface area contributed by atoms with Crippen molar-refractivity contribution in [3.8, 4) is 0 Å². The first-order chi connectivity index (χ1) is 7.99. The van der Waals surface area contributed by atoms with E-state index in [1.165, 1.54) is 11.3 Å². The molecule has 88 valence electrons. The van der Waals surface area contributed by atoms with E-state index in [0.717, 1.165) is 23.2 Å². The van der Waals surface area contributed by atoms with Crippen LogP contribution in [0.25, 0.3) is 0 Å². The van der Waals surface area contributed by atoms with Crippen molar-refractivity contribution in [3.05, 3.63) is 53.0 Å². The van der Waals surface area contributed by atoms with Gasteiger partial charge in [-0.1, -0.05) is 27.6 Å². The standard InChI is InChI=1S/C12H7Br3OS/c1-6-2-3-8(13)7(4-6)11(16)10-5-9(14)12(15)17-10/h2-5H,1H3. The van der Waals surface area contributed by atoms with Crippen LogP contribution < -0.4 is 0 Å². The first-order valence-electron chi connectivity index (χ1n) is 4.74. The lowest BCUT2D eigenvalue weighted by Crippen LogP contribution is -2.00. The SMILES string of the molecule is Cc1ccc(Br)c(C(=O)c2cc(Br)c(Br)s2)c1. The second-order valence-electron chi connectivity index (χ2n) is 3.54. The molecule has 2 rings (SSSR count). The second-order valence-corrected chi connectivity index (χ2v) is 7.62. The van der Waals surface area contributed by atoms with E-state index in [4.69, 9.17) is 0 Å². The molecule has 1 aromatic carbocycles. The third-order valence-corrected chi connectivity index (χ3v) is 6.18. The Hall–Kier alpha value is 0.0300. The minimum Gasteiger partial charge on any atom is -0.288 e. The summed E-state index contributed by atoms with van der Waals surface area (Å²) in [5.74, 6) is 0.0389. The summed E-state index contributed by atoms with van der Waals surface area (Å²) in [5.41, 5.74) is 1.78. The van der Waals surface area contributed by atoms with Crippen molar-refractivity contribution in [1.29, 1.82) is 0 Å². The lowest BCUT2D eigenvalue weighted by atomic mass is 10.1. The molecule has 0 radical (unpaired) electrons. The van der Waals surface area contributed by atoms with Crippen molar-refractivity contribution in [2.45, 2.75) is 6.92 Å². The number of hydrogen-bond donors (Lipinski definition) is 0. The van der Waals surface area contributed by atoms with Gasteiger partial charge in [-0.05, 0) is 57.0 Å². The maximum atomic E-state index is 12.3. The van der Waals surface area contributed by atoms with Crippen LogP contribution in [0.1, 0.15) is 20.8 Å². The van der Waals surface area contributed by atoms with Crippen LogP contribution in [-0.4, -0.2) is 5.78 Å². The quantitative estimate of drug-likeness (QED) is 0.560. The molecule has 0 amide bonds. The van der Waals surface area contributed by atoms with Crippen LogP contribution in [0.2, 0.25) is 0 Å². The molecule has 0 unspecified atom stereocenters. The van der Waals surface area contributed by atoms with E-state index in [-0.39, 0.29) is 5.78 Å². The van der Waals surface area contributed by atoms with Gasteiger partial charge in [-0.25, -0.2) is 0 Å². The Labute approximate surface area is 129 Å². The predicted molar refractivity (Wildman–Crippen MR) is 82.0 cm³/mol. The number of ketones is 1. The molecule has 0 saturated carbocycles. The summed E-state index contributed by atoms with van der Waals surface area (Å²) in [7, 11) is 0. The van der Waals surface area contributed by atoms with Gasteiger partial charge >= 0.3 is 0 Å². The number of rotatable bonds is 2. The van der Waals surface area contributed by atoms with Crippen LogP contribution in [0.4, 0.5) is 0 Å². The highest BCUT2D eigenvalue weighted by Crippen LogP contribution is 2.34. The Kier molecular flexibility index (Phi) is 4.23. The summed E-state index contributed by atoms with van der Waals surface area (Å²) in [4.78, 5) is 13.0. The Bertz CT molecular complexity index is 570. The van der Waals surface area contributed by atoms with E-state index < -0.39 is 0 Å². The minimum absolute atomic E-state index is 0.0389. The summed E-state index contributed by atoms with van der Waals surface area (Å²) >= 11 is 11.6. The third-order valence-electron chi connectivity index (χ3n) is 2.24. The van der Waals surface area contributed by atoms with E-state index in [9.17, 15) is 4.79 Å². The molecule has 0 fully saturated rings. The molecule has 0 aliphatic heterocycles. The monoisotopic (exact) mass is 436 g/mol. The first kappa shape index (κ1) is 13.5. The van der Waals surface area contributed by atoms with Crippen molar-refractivity contribution in [2.75, 3.05) is 0 Å². The average Bonchev–Trinajstić information content (AvgIpc) is 2.62.